The van der Waals surface area contributed by atoms with Crippen molar-refractivity contribution in [3.05, 3.63) is 108 Å². The van der Waals surface area contributed by atoms with E-state index in [4.69, 9.17) is 14.2 Å². The third kappa shape index (κ3) is 10.6. The first-order valence-corrected chi connectivity index (χ1v) is 13.0. The standard InChI is InChI=1S/C31H36N2O6/c1-23(2)28(33-31(36)39-22-26-16-10-5-11-17-26)30(35)37-19-18-32-27(20-24-12-6-3-7-13-24)29(34)38-21-25-14-8-4-9-15-25/h3-17,23,27-28,32H,18-22H2,1-2H3,(H,33,36)/t27-,28-/m0/s1. The Morgan fingerprint density at radius 1 is 0.667 bits per heavy atom. The molecule has 0 aliphatic heterocycles. The van der Waals surface area contributed by atoms with Gasteiger partial charge in [-0.05, 0) is 29.0 Å². The summed E-state index contributed by atoms with van der Waals surface area (Å²) in [6.07, 6.45) is -0.275. The third-order valence-electron chi connectivity index (χ3n) is 5.93. The lowest BCUT2D eigenvalue weighted by atomic mass is 10.1. The molecule has 8 nitrogen and oxygen atoms in total. The number of rotatable bonds is 14. The predicted octanol–water partition coefficient (Wildman–Crippen LogP) is 4.42. The lowest BCUT2D eigenvalue weighted by Gasteiger charge is -2.21. The molecule has 0 unspecified atom stereocenters. The highest BCUT2D eigenvalue weighted by molar-refractivity contribution is 5.81. The van der Waals surface area contributed by atoms with Gasteiger partial charge >= 0.3 is 18.0 Å². The lowest BCUT2D eigenvalue weighted by Crippen LogP contribution is -2.46. The Bertz CT molecular complexity index is 1160. The van der Waals surface area contributed by atoms with Gasteiger partial charge in [0.1, 0.15) is 31.9 Å². The molecule has 206 valence electrons. The minimum absolute atomic E-state index is 0.0139. The minimum atomic E-state index is -0.871. The van der Waals surface area contributed by atoms with E-state index in [1.807, 2.05) is 91.0 Å². The van der Waals surface area contributed by atoms with Crippen LogP contribution < -0.4 is 10.6 Å². The number of carbonyl (C=O) groups is 3. The zero-order valence-electron chi connectivity index (χ0n) is 22.4. The molecule has 3 rings (SSSR count). The van der Waals surface area contributed by atoms with Crippen molar-refractivity contribution >= 4 is 18.0 Å². The summed E-state index contributed by atoms with van der Waals surface area (Å²) in [6, 6.07) is 26.9. The van der Waals surface area contributed by atoms with Crippen molar-refractivity contribution in [2.75, 3.05) is 13.2 Å². The van der Waals surface area contributed by atoms with Gasteiger partial charge in [0.25, 0.3) is 0 Å². The molecule has 0 saturated heterocycles. The van der Waals surface area contributed by atoms with Gasteiger partial charge in [-0.15, -0.1) is 0 Å². The van der Waals surface area contributed by atoms with Crippen LogP contribution in [0.25, 0.3) is 0 Å². The van der Waals surface area contributed by atoms with E-state index < -0.39 is 30.1 Å². The van der Waals surface area contributed by atoms with E-state index in [0.717, 1.165) is 16.7 Å². The predicted molar refractivity (Wildman–Crippen MR) is 148 cm³/mol. The highest BCUT2D eigenvalue weighted by Gasteiger charge is 2.27. The molecule has 0 saturated carbocycles. The minimum Gasteiger partial charge on any atom is -0.463 e. The summed E-state index contributed by atoms with van der Waals surface area (Å²) >= 11 is 0. The Morgan fingerprint density at radius 2 is 1.18 bits per heavy atom. The molecule has 0 fully saturated rings. The number of amides is 1. The van der Waals surface area contributed by atoms with Gasteiger partial charge in [-0.1, -0.05) is 105 Å². The van der Waals surface area contributed by atoms with E-state index in [-0.39, 0.29) is 32.3 Å². The summed E-state index contributed by atoms with van der Waals surface area (Å²) in [4.78, 5) is 37.9. The van der Waals surface area contributed by atoms with Crippen LogP contribution in [0, 0.1) is 5.92 Å². The van der Waals surface area contributed by atoms with Gasteiger partial charge in [0.05, 0.1) is 0 Å². The monoisotopic (exact) mass is 532 g/mol. The van der Waals surface area contributed by atoms with Crippen molar-refractivity contribution in [1.29, 1.82) is 0 Å². The molecule has 0 spiro atoms. The van der Waals surface area contributed by atoms with Crippen molar-refractivity contribution in [2.24, 2.45) is 5.92 Å². The summed E-state index contributed by atoms with van der Waals surface area (Å²) in [5.41, 5.74) is 2.71. The molecule has 0 bridgehead atoms. The average Bonchev–Trinajstić information content (AvgIpc) is 2.96. The van der Waals surface area contributed by atoms with Crippen molar-refractivity contribution in [2.45, 2.75) is 45.6 Å². The molecule has 0 radical (unpaired) electrons. The Labute approximate surface area is 229 Å². The summed E-state index contributed by atoms with van der Waals surface area (Å²) in [5, 5.41) is 5.73. The number of carbonyl (C=O) groups excluding carboxylic acids is 3. The highest BCUT2D eigenvalue weighted by atomic mass is 16.6. The Balaban J connectivity index is 1.48. The molecule has 8 heteroatoms. The Hall–Kier alpha value is -4.17. The fraction of sp³-hybridized carbons (Fsp3) is 0.323. The Morgan fingerprint density at radius 3 is 1.72 bits per heavy atom. The topological polar surface area (TPSA) is 103 Å². The van der Waals surface area contributed by atoms with E-state index in [2.05, 4.69) is 10.6 Å². The summed E-state index contributed by atoms with van der Waals surface area (Å²) in [6.45, 7) is 4.12. The summed E-state index contributed by atoms with van der Waals surface area (Å²) < 4.78 is 16.2. The van der Waals surface area contributed by atoms with E-state index in [1.165, 1.54) is 0 Å². The number of hydrogen-bond acceptors (Lipinski definition) is 7. The fourth-order valence-corrected chi connectivity index (χ4v) is 3.78. The van der Waals surface area contributed by atoms with Crippen LogP contribution in [-0.2, 0) is 43.4 Å². The molecule has 3 aromatic rings. The van der Waals surface area contributed by atoms with Gasteiger partial charge < -0.3 is 24.8 Å². The molecular formula is C31H36N2O6. The lowest BCUT2D eigenvalue weighted by molar-refractivity contribution is -0.148. The van der Waals surface area contributed by atoms with Crippen LogP contribution in [0.1, 0.15) is 30.5 Å². The first-order valence-electron chi connectivity index (χ1n) is 13.0. The number of alkyl carbamates (subject to hydrolysis) is 1. The molecule has 0 aliphatic carbocycles. The SMILES string of the molecule is CC(C)[C@H](NC(=O)OCc1ccccc1)C(=O)OCCN[C@@H](Cc1ccccc1)C(=O)OCc1ccccc1. The molecule has 0 aromatic heterocycles. The second-order valence-electron chi connectivity index (χ2n) is 9.38. The largest absolute Gasteiger partial charge is 0.463 e. The number of esters is 2. The van der Waals surface area contributed by atoms with Crippen molar-refractivity contribution in [3.63, 3.8) is 0 Å². The number of nitrogens with one attached hydrogen (secondary N) is 2. The van der Waals surface area contributed by atoms with Crippen LogP contribution in [0.3, 0.4) is 0 Å². The first-order chi connectivity index (χ1) is 18.9. The van der Waals surface area contributed by atoms with Crippen molar-refractivity contribution in [3.8, 4) is 0 Å². The molecule has 1 amide bonds. The first kappa shape index (κ1) is 29.4. The third-order valence-corrected chi connectivity index (χ3v) is 5.93. The van der Waals surface area contributed by atoms with Gasteiger partial charge in [-0.25, -0.2) is 9.59 Å². The Kier molecular flexibility index (Phi) is 12.0. The van der Waals surface area contributed by atoms with Crippen LogP contribution >= 0.6 is 0 Å². The van der Waals surface area contributed by atoms with Gasteiger partial charge in [0, 0.05) is 6.54 Å². The van der Waals surface area contributed by atoms with E-state index in [9.17, 15) is 14.4 Å². The van der Waals surface area contributed by atoms with Gasteiger partial charge in [0.15, 0.2) is 0 Å². The highest BCUT2D eigenvalue weighted by Crippen LogP contribution is 2.09. The number of benzene rings is 3. The van der Waals surface area contributed by atoms with Crippen LogP contribution in [-0.4, -0.2) is 43.3 Å². The maximum atomic E-state index is 12.9. The second kappa shape index (κ2) is 15.9. The number of hydrogen-bond donors (Lipinski definition) is 2. The fourth-order valence-electron chi connectivity index (χ4n) is 3.78. The molecular weight excluding hydrogens is 496 g/mol. The molecule has 2 atom stereocenters. The van der Waals surface area contributed by atoms with Crippen LogP contribution in [0.2, 0.25) is 0 Å². The molecule has 0 heterocycles. The zero-order valence-corrected chi connectivity index (χ0v) is 22.4. The van der Waals surface area contributed by atoms with E-state index in [0.29, 0.717) is 6.42 Å². The smallest absolute Gasteiger partial charge is 0.408 e. The van der Waals surface area contributed by atoms with Gasteiger partial charge in [0.2, 0.25) is 0 Å². The van der Waals surface area contributed by atoms with E-state index >= 15 is 0 Å². The normalized spacial score (nSPS) is 12.3. The molecule has 0 aliphatic rings. The van der Waals surface area contributed by atoms with E-state index in [1.54, 1.807) is 13.8 Å². The average molecular weight is 533 g/mol. The number of ether oxygens (including phenoxy) is 3. The zero-order chi connectivity index (χ0) is 27.9. The van der Waals surface area contributed by atoms with Crippen LogP contribution in [0.15, 0.2) is 91.0 Å². The van der Waals surface area contributed by atoms with Crippen molar-refractivity contribution < 1.29 is 28.6 Å². The van der Waals surface area contributed by atoms with Gasteiger partial charge in [-0.2, -0.15) is 0 Å². The molecule has 39 heavy (non-hydrogen) atoms. The quantitative estimate of drug-likeness (QED) is 0.180. The second-order valence-corrected chi connectivity index (χ2v) is 9.38. The summed E-state index contributed by atoms with van der Waals surface area (Å²) in [7, 11) is 0. The van der Waals surface area contributed by atoms with Crippen LogP contribution in [0.5, 0.6) is 0 Å². The summed E-state index contributed by atoms with van der Waals surface area (Å²) in [5.74, 6) is -1.18. The molecule has 3 aromatic carbocycles. The molecule has 2 N–H and O–H groups in total. The van der Waals surface area contributed by atoms with Crippen LogP contribution in [0.4, 0.5) is 4.79 Å². The maximum absolute atomic E-state index is 12.9. The van der Waals surface area contributed by atoms with Crippen molar-refractivity contribution in [1.82, 2.24) is 10.6 Å². The van der Waals surface area contributed by atoms with Gasteiger partial charge in [-0.3, -0.25) is 4.79 Å². The maximum Gasteiger partial charge on any atom is 0.408 e.